The highest BCUT2D eigenvalue weighted by Crippen LogP contribution is 2.12. The van der Waals surface area contributed by atoms with Gasteiger partial charge in [0.25, 0.3) is 0 Å². The molecule has 1 rings (SSSR count). The second-order valence-corrected chi connectivity index (χ2v) is 4.60. The first-order valence-corrected chi connectivity index (χ1v) is 6.40. The molecule has 1 heterocycles. The van der Waals surface area contributed by atoms with Crippen molar-refractivity contribution in [3.05, 3.63) is 16.1 Å². The Kier molecular flexibility index (Phi) is 5.83. The predicted octanol–water partition coefficient (Wildman–Crippen LogP) is 2.35. The highest BCUT2D eigenvalue weighted by molar-refractivity contribution is 7.09. The number of hydrogen-bond acceptors (Lipinski definition) is 4. The molecule has 0 spiro atoms. The van der Waals surface area contributed by atoms with Gasteiger partial charge in [-0.3, -0.25) is 0 Å². The molecule has 0 aliphatic rings. The van der Waals surface area contributed by atoms with E-state index in [1.807, 2.05) is 0 Å². The van der Waals surface area contributed by atoms with Gasteiger partial charge in [0, 0.05) is 24.4 Å². The minimum atomic E-state index is 0.233. The van der Waals surface area contributed by atoms with E-state index in [2.05, 4.69) is 24.2 Å². The first kappa shape index (κ1) is 12.6. The maximum atomic E-state index is 5.87. The van der Waals surface area contributed by atoms with E-state index < -0.39 is 0 Å². The average molecular weight is 228 g/mol. The van der Waals surface area contributed by atoms with Gasteiger partial charge in [0.05, 0.1) is 12.3 Å². The van der Waals surface area contributed by atoms with Crippen LogP contribution in [0.5, 0.6) is 0 Å². The maximum Gasteiger partial charge on any atom is 0.119 e. The molecule has 0 bridgehead atoms. The van der Waals surface area contributed by atoms with Crippen LogP contribution < -0.4 is 5.73 Å². The molecule has 0 radical (unpaired) electrons. The van der Waals surface area contributed by atoms with Crippen molar-refractivity contribution in [2.45, 2.75) is 45.8 Å². The zero-order chi connectivity index (χ0) is 11.1. The molecule has 1 aromatic heterocycles. The molecule has 2 N–H and O–H groups in total. The molecule has 0 saturated heterocycles. The van der Waals surface area contributed by atoms with Crippen LogP contribution in [-0.4, -0.2) is 17.6 Å². The second kappa shape index (κ2) is 6.93. The van der Waals surface area contributed by atoms with Gasteiger partial charge in [-0.05, 0) is 12.8 Å². The molecule has 15 heavy (non-hydrogen) atoms. The van der Waals surface area contributed by atoms with Gasteiger partial charge in [-0.2, -0.15) is 0 Å². The molecule has 3 nitrogen and oxygen atoms in total. The number of aromatic nitrogens is 1. The molecule has 0 aromatic carbocycles. The number of rotatable bonds is 7. The van der Waals surface area contributed by atoms with Crippen LogP contribution in [0.4, 0.5) is 0 Å². The Morgan fingerprint density at radius 1 is 1.53 bits per heavy atom. The molecule has 1 unspecified atom stereocenters. The van der Waals surface area contributed by atoms with E-state index in [0.29, 0.717) is 6.61 Å². The van der Waals surface area contributed by atoms with Gasteiger partial charge in [0.2, 0.25) is 0 Å². The quantitative estimate of drug-likeness (QED) is 0.729. The molecule has 0 amide bonds. The minimum absolute atomic E-state index is 0.233. The lowest BCUT2D eigenvalue weighted by Crippen LogP contribution is -2.21. The third kappa shape index (κ3) is 4.73. The smallest absolute Gasteiger partial charge is 0.119 e. The van der Waals surface area contributed by atoms with Crippen LogP contribution in [0.3, 0.4) is 0 Å². The Labute approximate surface area is 95.7 Å². The van der Waals surface area contributed by atoms with Crippen molar-refractivity contribution in [3.63, 3.8) is 0 Å². The predicted molar refractivity (Wildman–Crippen MR) is 64.0 cm³/mol. The number of nitrogens with zero attached hydrogens (tertiary/aromatic N) is 1. The van der Waals surface area contributed by atoms with Gasteiger partial charge in [-0.25, -0.2) is 4.98 Å². The zero-order valence-electron chi connectivity index (χ0n) is 9.53. The van der Waals surface area contributed by atoms with Crippen LogP contribution in [0, 0.1) is 0 Å². The number of thiazole rings is 1. The summed E-state index contributed by atoms with van der Waals surface area (Å²) in [5, 5.41) is 3.14. The standard InChI is InChI=1S/C11H20N2OS/c1-3-5-14-7-11-13-10(8-15-11)6-9(12)4-2/h8-9H,3-7,12H2,1-2H3. The molecule has 0 aliphatic heterocycles. The largest absolute Gasteiger partial charge is 0.374 e. The lowest BCUT2D eigenvalue weighted by Gasteiger charge is -2.04. The van der Waals surface area contributed by atoms with Crippen molar-refractivity contribution in [2.75, 3.05) is 6.61 Å². The summed E-state index contributed by atoms with van der Waals surface area (Å²) < 4.78 is 5.43. The van der Waals surface area contributed by atoms with Crippen molar-refractivity contribution in [1.29, 1.82) is 0 Å². The summed E-state index contributed by atoms with van der Waals surface area (Å²) in [7, 11) is 0. The van der Waals surface area contributed by atoms with Gasteiger partial charge >= 0.3 is 0 Å². The Balaban J connectivity index is 2.35. The van der Waals surface area contributed by atoms with Gasteiger partial charge in [0.15, 0.2) is 0 Å². The zero-order valence-corrected chi connectivity index (χ0v) is 10.3. The van der Waals surface area contributed by atoms with Crippen LogP contribution in [0.1, 0.15) is 37.4 Å². The first-order valence-electron chi connectivity index (χ1n) is 5.52. The molecule has 0 saturated carbocycles. The highest BCUT2D eigenvalue weighted by Gasteiger charge is 2.06. The van der Waals surface area contributed by atoms with E-state index in [0.717, 1.165) is 36.6 Å². The van der Waals surface area contributed by atoms with Crippen LogP contribution in [0.2, 0.25) is 0 Å². The molecular weight excluding hydrogens is 208 g/mol. The summed E-state index contributed by atoms with van der Waals surface area (Å²) >= 11 is 1.66. The SMILES string of the molecule is CCCOCc1nc(CC(N)CC)cs1. The van der Waals surface area contributed by atoms with Crippen molar-refractivity contribution in [3.8, 4) is 0 Å². The van der Waals surface area contributed by atoms with Crippen molar-refractivity contribution in [2.24, 2.45) is 5.73 Å². The van der Waals surface area contributed by atoms with Gasteiger partial charge in [-0.1, -0.05) is 13.8 Å². The fraction of sp³-hybridized carbons (Fsp3) is 0.727. The maximum absolute atomic E-state index is 5.87. The molecule has 4 heteroatoms. The van der Waals surface area contributed by atoms with Crippen molar-refractivity contribution in [1.82, 2.24) is 4.98 Å². The number of nitrogens with two attached hydrogens (primary N) is 1. The van der Waals surface area contributed by atoms with Crippen LogP contribution in [-0.2, 0) is 17.8 Å². The van der Waals surface area contributed by atoms with Crippen molar-refractivity contribution >= 4 is 11.3 Å². The Morgan fingerprint density at radius 2 is 2.33 bits per heavy atom. The summed E-state index contributed by atoms with van der Waals surface area (Å²) in [6.45, 7) is 5.65. The first-order chi connectivity index (χ1) is 7.26. The summed E-state index contributed by atoms with van der Waals surface area (Å²) in [6.07, 6.45) is 2.93. The Hall–Kier alpha value is -0.450. The normalized spacial score (nSPS) is 13.0. The van der Waals surface area contributed by atoms with E-state index in [1.54, 1.807) is 11.3 Å². The molecular formula is C11H20N2OS. The fourth-order valence-electron chi connectivity index (χ4n) is 1.23. The average Bonchev–Trinajstić information content (AvgIpc) is 2.66. The van der Waals surface area contributed by atoms with Gasteiger partial charge < -0.3 is 10.5 Å². The molecule has 0 aliphatic carbocycles. The van der Waals surface area contributed by atoms with Crippen LogP contribution >= 0.6 is 11.3 Å². The number of ether oxygens (including phenoxy) is 1. The van der Waals surface area contributed by atoms with E-state index in [1.165, 1.54) is 0 Å². The van der Waals surface area contributed by atoms with Gasteiger partial charge in [-0.15, -0.1) is 11.3 Å². The second-order valence-electron chi connectivity index (χ2n) is 3.66. The molecule has 0 fully saturated rings. The summed E-state index contributed by atoms with van der Waals surface area (Å²) in [5.41, 5.74) is 6.97. The molecule has 1 aromatic rings. The summed E-state index contributed by atoms with van der Waals surface area (Å²) in [5.74, 6) is 0. The van der Waals surface area contributed by atoms with E-state index in [4.69, 9.17) is 10.5 Å². The fourth-order valence-corrected chi connectivity index (χ4v) is 1.97. The third-order valence-corrected chi connectivity index (χ3v) is 3.04. The lowest BCUT2D eigenvalue weighted by molar-refractivity contribution is 0.121. The summed E-state index contributed by atoms with van der Waals surface area (Å²) in [4.78, 5) is 4.48. The molecule has 86 valence electrons. The topological polar surface area (TPSA) is 48.1 Å². The highest BCUT2D eigenvalue weighted by atomic mass is 32.1. The summed E-state index contributed by atoms with van der Waals surface area (Å²) in [6, 6.07) is 0.233. The Bertz CT molecular complexity index is 275. The monoisotopic (exact) mass is 228 g/mol. The van der Waals surface area contributed by atoms with Crippen molar-refractivity contribution < 1.29 is 4.74 Å². The minimum Gasteiger partial charge on any atom is -0.374 e. The lowest BCUT2D eigenvalue weighted by atomic mass is 10.1. The van der Waals surface area contributed by atoms with Gasteiger partial charge in [0.1, 0.15) is 5.01 Å². The van der Waals surface area contributed by atoms with Crippen LogP contribution in [0.15, 0.2) is 5.38 Å². The van der Waals surface area contributed by atoms with Crippen LogP contribution in [0.25, 0.3) is 0 Å². The third-order valence-electron chi connectivity index (χ3n) is 2.17. The van der Waals surface area contributed by atoms with E-state index in [9.17, 15) is 0 Å². The number of hydrogen-bond donors (Lipinski definition) is 1. The van der Waals surface area contributed by atoms with E-state index >= 15 is 0 Å². The molecule has 1 atom stereocenters. The Morgan fingerprint density at radius 3 is 3.00 bits per heavy atom. The van der Waals surface area contributed by atoms with E-state index in [-0.39, 0.29) is 6.04 Å².